The van der Waals surface area contributed by atoms with Crippen LogP contribution in [0.4, 0.5) is 0 Å². The smallest absolute Gasteiger partial charge is 0.320 e. The van der Waals surface area contributed by atoms with Gasteiger partial charge < -0.3 is 9.47 Å². The molecule has 1 rings (SSSR count). The number of nitrogens with zero attached hydrogens (tertiary/aromatic N) is 1. The van der Waals surface area contributed by atoms with Gasteiger partial charge in [0, 0.05) is 19.6 Å². The molecule has 7 nitrogen and oxygen atoms in total. The summed E-state index contributed by atoms with van der Waals surface area (Å²) in [6, 6.07) is 0. The lowest BCUT2D eigenvalue weighted by molar-refractivity contribution is -0.139. The van der Waals surface area contributed by atoms with E-state index in [0.29, 0.717) is 26.3 Å². The van der Waals surface area contributed by atoms with E-state index < -0.39 is 21.0 Å². The Morgan fingerprint density at radius 2 is 2.12 bits per heavy atom. The first-order valence-electron chi connectivity index (χ1n) is 5.02. The number of methoxy groups -OCH3 is 1. The van der Waals surface area contributed by atoms with Gasteiger partial charge in [0.25, 0.3) is 10.2 Å². The molecule has 0 aromatic rings. The number of alkyl halides is 1. The van der Waals surface area contributed by atoms with Crippen LogP contribution in [0, 0.1) is 0 Å². The number of morpholine rings is 1. The van der Waals surface area contributed by atoms with E-state index in [1.54, 1.807) is 0 Å². The van der Waals surface area contributed by atoms with Crippen LogP contribution >= 0.6 is 15.9 Å². The second-order valence-corrected chi connectivity index (χ2v) is 6.22. The Balaban J connectivity index is 2.46. The lowest BCUT2D eigenvalue weighted by atomic mass is 10.4. The Morgan fingerprint density at radius 3 is 2.65 bits per heavy atom. The molecule has 1 aliphatic heterocycles. The third-order valence-corrected chi connectivity index (χ3v) is 4.49. The monoisotopic (exact) mass is 330 g/mol. The van der Waals surface area contributed by atoms with Crippen molar-refractivity contribution >= 4 is 32.1 Å². The fourth-order valence-corrected chi connectivity index (χ4v) is 3.02. The summed E-state index contributed by atoms with van der Waals surface area (Å²) >= 11 is 3.04. The molecule has 1 saturated heterocycles. The maximum Gasteiger partial charge on any atom is 0.320 e. The van der Waals surface area contributed by atoms with Crippen LogP contribution in [0.25, 0.3) is 0 Å². The van der Waals surface area contributed by atoms with Gasteiger partial charge >= 0.3 is 5.97 Å². The van der Waals surface area contributed by atoms with E-state index in [9.17, 15) is 13.2 Å². The maximum absolute atomic E-state index is 11.8. The van der Waals surface area contributed by atoms with Crippen LogP contribution in [-0.2, 0) is 24.5 Å². The molecule has 1 heterocycles. The van der Waals surface area contributed by atoms with Crippen LogP contribution in [0.1, 0.15) is 0 Å². The van der Waals surface area contributed by atoms with Crippen LogP contribution < -0.4 is 4.72 Å². The second kappa shape index (κ2) is 6.64. The molecule has 1 N–H and O–H groups in total. The molecule has 0 bridgehead atoms. The molecule has 1 atom stereocenters. The van der Waals surface area contributed by atoms with E-state index >= 15 is 0 Å². The van der Waals surface area contributed by atoms with Crippen LogP contribution in [0.15, 0.2) is 0 Å². The second-order valence-electron chi connectivity index (χ2n) is 3.36. The van der Waals surface area contributed by atoms with Crippen molar-refractivity contribution in [1.29, 1.82) is 0 Å². The van der Waals surface area contributed by atoms with Gasteiger partial charge in [0.2, 0.25) is 0 Å². The molecule has 0 aliphatic carbocycles. The van der Waals surface area contributed by atoms with E-state index in [2.05, 4.69) is 25.4 Å². The zero-order chi connectivity index (χ0) is 12.9. The molecule has 0 saturated carbocycles. The normalized spacial score (nSPS) is 19.9. The van der Waals surface area contributed by atoms with E-state index in [0.717, 1.165) is 0 Å². The van der Waals surface area contributed by atoms with Gasteiger partial charge in [0.1, 0.15) is 4.83 Å². The molecule has 0 amide bonds. The van der Waals surface area contributed by atoms with Crippen LogP contribution in [0.3, 0.4) is 0 Å². The highest BCUT2D eigenvalue weighted by Gasteiger charge is 2.26. The molecule has 1 unspecified atom stereocenters. The summed E-state index contributed by atoms with van der Waals surface area (Å²) < 4.78 is 36.7. The third-order valence-electron chi connectivity index (χ3n) is 2.21. The lowest BCUT2D eigenvalue weighted by Gasteiger charge is -2.26. The average Bonchev–Trinajstić information content (AvgIpc) is 2.36. The highest BCUT2D eigenvalue weighted by atomic mass is 79.9. The van der Waals surface area contributed by atoms with Crippen LogP contribution in [-0.4, -0.2) is 63.5 Å². The van der Waals surface area contributed by atoms with Crippen molar-refractivity contribution in [2.75, 3.05) is 40.0 Å². The Kier molecular flexibility index (Phi) is 5.80. The first-order chi connectivity index (χ1) is 7.97. The van der Waals surface area contributed by atoms with Gasteiger partial charge in [0.15, 0.2) is 0 Å². The molecule has 0 aromatic heterocycles. The number of hydrogen-bond donors (Lipinski definition) is 1. The topological polar surface area (TPSA) is 84.9 Å². The average molecular weight is 331 g/mol. The van der Waals surface area contributed by atoms with Gasteiger partial charge in [-0.2, -0.15) is 12.7 Å². The molecule has 0 spiro atoms. The van der Waals surface area contributed by atoms with Gasteiger partial charge in [-0.3, -0.25) is 4.79 Å². The summed E-state index contributed by atoms with van der Waals surface area (Å²) in [6.45, 7) is 1.36. The molecule has 17 heavy (non-hydrogen) atoms. The summed E-state index contributed by atoms with van der Waals surface area (Å²) in [7, 11) is -2.31. The van der Waals surface area contributed by atoms with Crippen molar-refractivity contribution in [3.63, 3.8) is 0 Å². The van der Waals surface area contributed by atoms with Crippen molar-refractivity contribution in [3.05, 3.63) is 0 Å². The molecule has 0 radical (unpaired) electrons. The third kappa shape index (κ3) is 4.51. The Labute approximate surface area is 109 Å². The number of esters is 1. The minimum atomic E-state index is -3.55. The summed E-state index contributed by atoms with van der Waals surface area (Å²) in [5.41, 5.74) is 0. The Hall–Kier alpha value is -0.220. The highest BCUT2D eigenvalue weighted by molar-refractivity contribution is 9.10. The fourth-order valence-electron chi connectivity index (χ4n) is 1.27. The van der Waals surface area contributed by atoms with Crippen molar-refractivity contribution < 1.29 is 22.7 Å². The van der Waals surface area contributed by atoms with Gasteiger partial charge in [-0.25, -0.2) is 4.72 Å². The molecule has 100 valence electrons. The van der Waals surface area contributed by atoms with Crippen LogP contribution in [0.5, 0.6) is 0 Å². The number of hydrogen-bond acceptors (Lipinski definition) is 5. The first-order valence-corrected chi connectivity index (χ1v) is 7.37. The van der Waals surface area contributed by atoms with Gasteiger partial charge in [-0.15, -0.1) is 0 Å². The zero-order valence-electron chi connectivity index (χ0n) is 9.39. The van der Waals surface area contributed by atoms with Gasteiger partial charge in [0.05, 0.1) is 20.3 Å². The van der Waals surface area contributed by atoms with Crippen molar-refractivity contribution in [3.8, 4) is 0 Å². The van der Waals surface area contributed by atoms with Crippen molar-refractivity contribution in [2.24, 2.45) is 0 Å². The minimum Gasteiger partial charge on any atom is -0.468 e. The molecule has 1 fully saturated rings. The summed E-state index contributed by atoms with van der Waals surface area (Å²) in [5.74, 6) is -0.519. The van der Waals surface area contributed by atoms with Crippen molar-refractivity contribution in [1.82, 2.24) is 9.03 Å². The van der Waals surface area contributed by atoms with E-state index in [-0.39, 0.29) is 6.54 Å². The quantitative estimate of drug-likeness (QED) is 0.521. The fraction of sp³-hybridized carbons (Fsp3) is 0.875. The number of nitrogens with one attached hydrogen (secondary N) is 1. The summed E-state index contributed by atoms with van der Waals surface area (Å²) in [6.07, 6.45) is 0. The van der Waals surface area contributed by atoms with E-state index in [1.165, 1.54) is 11.4 Å². The maximum atomic E-state index is 11.8. The summed E-state index contributed by atoms with van der Waals surface area (Å²) in [5, 5.41) is 0. The molecule has 1 aliphatic rings. The SMILES string of the molecule is COC(=O)C(Br)CNS(=O)(=O)N1CCOCC1. The Morgan fingerprint density at radius 1 is 1.53 bits per heavy atom. The largest absolute Gasteiger partial charge is 0.468 e. The van der Waals surface area contributed by atoms with Crippen LogP contribution in [0.2, 0.25) is 0 Å². The molecule has 0 aromatic carbocycles. The number of rotatable bonds is 5. The number of carbonyl (C=O) groups excluding carboxylic acids is 1. The number of halogens is 1. The minimum absolute atomic E-state index is 0.0492. The molecular weight excluding hydrogens is 316 g/mol. The molecular formula is C8H15BrN2O5S. The van der Waals surface area contributed by atoms with E-state index in [1.807, 2.05) is 0 Å². The van der Waals surface area contributed by atoms with Gasteiger partial charge in [-0.1, -0.05) is 15.9 Å². The molecule has 9 heteroatoms. The van der Waals surface area contributed by atoms with E-state index in [4.69, 9.17) is 4.74 Å². The van der Waals surface area contributed by atoms with Gasteiger partial charge in [-0.05, 0) is 0 Å². The first kappa shape index (κ1) is 14.8. The van der Waals surface area contributed by atoms with Crippen molar-refractivity contribution in [2.45, 2.75) is 4.83 Å². The number of ether oxygens (including phenoxy) is 2. The predicted octanol–water partition coefficient (Wildman–Crippen LogP) is -0.910. The standard InChI is InChI=1S/C8H15BrN2O5S/c1-15-8(12)7(9)6-10-17(13,14)11-2-4-16-5-3-11/h7,10H,2-6H2,1H3. The predicted molar refractivity (Wildman–Crippen MR) is 64.0 cm³/mol. The number of carbonyl (C=O) groups is 1. The Bertz CT molecular complexity index is 355. The highest BCUT2D eigenvalue weighted by Crippen LogP contribution is 2.05. The lowest BCUT2D eigenvalue weighted by Crippen LogP contribution is -2.48. The summed E-state index contributed by atoms with van der Waals surface area (Å²) in [4.78, 5) is 10.4. The zero-order valence-corrected chi connectivity index (χ0v) is 11.8.